The molecule has 0 bridgehead atoms. The first kappa shape index (κ1) is 28.5. The summed E-state index contributed by atoms with van der Waals surface area (Å²) in [6, 6.07) is 35.4. The number of piperazine rings is 1. The number of aryl methyl sites for hydroxylation is 2. The van der Waals surface area contributed by atoms with Crippen LogP contribution >= 0.6 is 0 Å². The largest absolute Gasteiger partial charge is 0.489 e. The Hall–Kier alpha value is -4.59. The van der Waals surface area contributed by atoms with Crippen LogP contribution in [0.3, 0.4) is 0 Å². The fraction of sp³-hybridized carbons (Fsp3) is 0.250. The second-order valence-electron chi connectivity index (χ2n) is 11.1. The van der Waals surface area contributed by atoms with E-state index in [1.165, 1.54) is 5.56 Å². The minimum atomic E-state index is -0.0980. The van der Waals surface area contributed by atoms with Crippen LogP contribution in [0.25, 0.3) is 11.8 Å². The molecule has 4 aromatic carbocycles. The summed E-state index contributed by atoms with van der Waals surface area (Å²) in [4.78, 5) is 5.01. The zero-order valence-corrected chi connectivity index (χ0v) is 24.9. The van der Waals surface area contributed by atoms with Gasteiger partial charge in [0.1, 0.15) is 12.4 Å². The van der Waals surface area contributed by atoms with Gasteiger partial charge in [0.25, 0.3) is 0 Å². The quantitative estimate of drug-likeness (QED) is 0.197. The van der Waals surface area contributed by atoms with E-state index in [1.807, 2.05) is 22.9 Å². The third-order valence-electron chi connectivity index (χ3n) is 8.08. The topological polar surface area (TPSA) is 59.3 Å². The molecule has 1 atom stereocenters. The van der Waals surface area contributed by atoms with E-state index in [1.54, 1.807) is 0 Å². The lowest BCUT2D eigenvalue weighted by Crippen LogP contribution is -2.48. The van der Waals surface area contributed by atoms with Gasteiger partial charge in [0, 0.05) is 32.7 Å². The van der Waals surface area contributed by atoms with Crippen molar-refractivity contribution in [3.8, 4) is 11.4 Å². The van der Waals surface area contributed by atoms with Crippen LogP contribution in [0.1, 0.15) is 39.7 Å². The van der Waals surface area contributed by atoms with Crippen molar-refractivity contribution in [2.45, 2.75) is 26.5 Å². The molecule has 6 rings (SSSR count). The Morgan fingerprint density at radius 2 is 1.44 bits per heavy atom. The number of hydrogen-bond donors (Lipinski definition) is 0. The summed E-state index contributed by atoms with van der Waals surface area (Å²) in [7, 11) is 0. The van der Waals surface area contributed by atoms with Crippen LogP contribution in [0, 0.1) is 13.8 Å². The molecule has 1 fully saturated rings. The summed E-state index contributed by atoms with van der Waals surface area (Å²) >= 11 is 0. The number of hydrogen-bond acceptors (Lipinski definition) is 6. The van der Waals surface area contributed by atoms with Crippen molar-refractivity contribution < 1.29 is 4.74 Å². The van der Waals surface area contributed by atoms with Crippen LogP contribution in [0.4, 0.5) is 0 Å². The lowest BCUT2D eigenvalue weighted by molar-refractivity contribution is 0.113. The van der Waals surface area contributed by atoms with Gasteiger partial charge in [-0.15, -0.1) is 5.10 Å². The molecule has 0 N–H and O–H groups in total. The Morgan fingerprint density at radius 1 is 0.767 bits per heavy atom. The number of nitrogens with zero attached hydrogens (tertiary/aromatic N) is 6. The van der Waals surface area contributed by atoms with Crippen LogP contribution in [0.2, 0.25) is 0 Å². The first-order valence-electron chi connectivity index (χ1n) is 15.0. The minimum absolute atomic E-state index is 0.0980. The molecule has 1 saturated heterocycles. The maximum atomic E-state index is 6.10. The predicted octanol–water partition coefficient (Wildman–Crippen LogP) is 6.28. The van der Waals surface area contributed by atoms with Crippen LogP contribution in [0.15, 0.2) is 109 Å². The third-order valence-corrected chi connectivity index (χ3v) is 8.08. The van der Waals surface area contributed by atoms with Gasteiger partial charge in [-0.2, -0.15) is 4.68 Å². The van der Waals surface area contributed by atoms with Gasteiger partial charge in [-0.3, -0.25) is 9.80 Å². The van der Waals surface area contributed by atoms with E-state index < -0.39 is 0 Å². The SMILES string of the molecule is Cc1cccc(C)c1-n1nnnc1C(c1ccc(OCc2ccccc2)cc1)N1CCN(C/C=C/c2ccccc2)CC1. The molecule has 0 saturated carbocycles. The molecule has 0 aliphatic carbocycles. The molecule has 0 spiro atoms. The van der Waals surface area contributed by atoms with E-state index in [-0.39, 0.29) is 6.04 Å². The van der Waals surface area contributed by atoms with Gasteiger partial charge in [-0.1, -0.05) is 103 Å². The predicted molar refractivity (Wildman–Crippen MR) is 171 cm³/mol. The average Bonchev–Trinajstić information content (AvgIpc) is 3.51. The third kappa shape index (κ3) is 6.91. The van der Waals surface area contributed by atoms with Crippen molar-refractivity contribution in [2.75, 3.05) is 32.7 Å². The van der Waals surface area contributed by atoms with Gasteiger partial charge in [-0.25, -0.2) is 0 Å². The van der Waals surface area contributed by atoms with Gasteiger partial charge in [0.2, 0.25) is 0 Å². The van der Waals surface area contributed by atoms with Crippen LogP contribution in [-0.2, 0) is 6.61 Å². The summed E-state index contributed by atoms with van der Waals surface area (Å²) in [5.74, 6) is 1.67. The summed E-state index contributed by atoms with van der Waals surface area (Å²) in [6.07, 6.45) is 4.47. The average molecular weight is 571 g/mol. The maximum absolute atomic E-state index is 6.10. The summed E-state index contributed by atoms with van der Waals surface area (Å²) < 4.78 is 8.03. The lowest BCUT2D eigenvalue weighted by atomic mass is 10.0. The molecule has 5 aromatic rings. The molecular weight excluding hydrogens is 532 g/mol. The molecule has 7 heteroatoms. The molecule has 43 heavy (non-hydrogen) atoms. The first-order valence-corrected chi connectivity index (χ1v) is 15.0. The van der Waals surface area contributed by atoms with Gasteiger partial charge < -0.3 is 4.74 Å². The molecule has 7 nitrogen and oxygen atoms in total. The second-order valence-corrected chi connectivity index (χ2v) is 11.1. The van der Waals surface area contributed by atoms with E-state index in [2.05, 4.69) is 136 Å². The second kappa shape index (κ2) is 13.6. The molecule has 1 aromatic heterocycles. The molecule has 1 unspecified atom stereocenters. The molecule has 218 valence electrons. The standard InChI is InChI=1S/C36H38N6O/c1-28-11-9-12-29(2)34(28)42-36(37-38-39-42)35(32-18-20-33(21-19-32)43-27-31-15-7-4-8-16-31)41-25-23-40(24-26-41)22-10-17-30-13-5-3-6-14-30/h3-21,35H,22-27H2,1-2H3/b17-10+. The smallest absolute Gasteiger partial charge is 0.178 e. The molecular formula is C36H38N6O. The molecule has 1 aliphatic heterocycles. The van der Waals surface area contributed by atoms with Gasteiger partial charge >= 0.3 is 0 Å². The number of tetrazole rings is 1. The van der Waals surface area contributed by atoms with Crippen molar-refractivity contribution in [3.63, 3.8) is 0 Å². The van der Waals surface area contributed by atoms with E-state index >= 15 is 0 Å². The van der Waals surface area contributed by atoms with Crippen LogP contribution < -0.4 is 4.74 Å². The zero-order chi connectivity index (χ0) is 29.4. The van der Waals surface area contributed by atoms with Crippen molar-refractivity contribution >= 4 is 6.08 Å². The highest BCUT2D eigenvalue weighted by Crippen LogP contribution is 2.32. The Labute approximate surface area is 254 Å². The van der Waals surface area contributed by atoms with Gasteiger partial charge in [0.15, 0.2) is 5.82 Å². The van der Waals surface area contributed by atoms with Crippen molar-refractivity contribution in [1.82, 2.24) is 30.0 Å². The number of rotatable bonds is 10. The van der Waals surface area contributed by atoms with Crippen LogP contribution in [-0.4, -0.2) is 62.7 Å². The Bertz CT molecular complexity index is 1600. The highest BCUT2D eigenvalue weighted by molar-refractivity contribution is 5.49. The fourth-order valence-corrected chi connectivity index (χ4v) is 5.78. The highest BCUT2D eigenvalue weighted by Gasteiger charge is 2.31. The molecule has 1 aliphatic rings. The summed E-state index contributed by atoms with van der Waals surface area (Å²) in [5.41, 5.74) is 6.86. The van der Waals surface area contributed by atoms with E-state index in [0.717, 1.165) is 72.2 Å². The normalized spacial score (nSPS) is 15.1. The van der Waals surface area contributed by atoms with Gasteiger partial charge in [-0.05, 0) is 64.2 Å². The summed E-state index contributed by atoms with van der Waals surface area (Å²) in [6.45, 7) is 9.46. The lowest BCUT2D eigenvalue weighted by Gasteiger charge is -2.38. The molecule has 0 radical (unpaired) electrons. The maximum Gasteiger partial charge on any atom is 0.178 e. The number of aromatic nitrogens is 4. The number of ether oxygens (including phenoxy) is 1. The molecule has 2 heterocycles. The first-order chi connectivity index (χ1) is 21.2. The monoisotopic (exact) mass is 570 g/mol. The van der Waals surface area contributed by atoms with Crippen LogP contribution in [0.5, 0.6) is 5.75 Å². The number of benzene rings is 4. The zero-order valence-electron chi connectivity index (χ0n) is 24.9. The van der Waals surface area contributed by atoms with E-state index in [0.29, 0.717) is 6.61 Å². The minimum Gasteiger partial charge on any atom is -0.489 e. The van der Waals surface area contributed by atoms with E-state index in [4.69, 9.17) is 4.74 Å². The van der Waals surface area contributed by atoms with Gasteiger partial charge in [0.05, 0.1) is 11.7 Å². The fourth-order valence-electron chi connectivity index (χ4n) is 5.78. The van der Waals surface area contributed by atoms with Crippen molar-refractivity contribution in [2.24, 2.45) is 0 Å². The Morgan fingerprint density at radius 3 is 2.14 bits per heavy atom. The molecule has 0 amide bonds. The van der Waals surface area contributed by atoms with Crippen molar-refractivity contribution in [1.29, 1.82) is 0 Å². The highest BCUT2D eigenvalue weighted by atomic mass is 16.5. The Balaban J connectivity index is 1.23. The number of para-hydroxylation sites is 1. The van der Waals surface area contributed by atoms with Crippen molar-refractivity contribution in [3.05, 3.63) is 143 Å². The Kier molecular flexibility index (Phi) is 9.02. The van der Waals surface area contributed by atoms with E-state index in [9.17, 15) is 0 Å². The summed E-state index contributed by atoms with van der Waals surface area (Å²) in [5, 5.41) is 13.3.